The lowest BCUT2D eigenvalue weighted by Crippen LogP contribution is -2.31. The van der Waals surface area contributed by atoms with Gasteiger partial charge in [0.25, 0.3) is 0 Å². The first kappa shape index (κ1) is 16.0. The first-order chi connectivity index (χ1) is 10.0. The number of hydrogen-bond donors (Lipinski definition) is 0. The Bertz CT molecular complexity index is 500. The number of aryl methyl sites for hydroxylation is 1. The van der Waals surface area contributed by atoms with Crippen LogP contribution in [-0.4, -0.2) is 56.6 Å². The molecule has 21 heavy (non-hydrogen) atoms. The molecule has 1 aliphatic rings. The highest BCUT2D eigenvalue weighted by Crippen LogP contribution is 2.35. The van der Waals surface area contributed by atoms with Crippen molar-refractivity contribution in [2.75, 3.05) is 40.8 Å². The van der Waals surface area contributed by atoms with E-state index in [-0.39, 0.29) is 5.97 Å². The summed E-state index contributed by atoms with van der Waals surface area (Å²) in [5, 5.41) is 0. The van der Waals surface area contributed by atoms with Gasteiger partial charge in [-0.15, -0.1) is 0 Å². The molecular weight excluding hydrogens is 264 g/mol. The molecule has 1 aromatic carbocycles. The van der Waals surface area contributed by atoms with Crippen molar-refractivity contribution in [2.45, 2.75) is 25.8 Å². The van der Waals surface area contributed by atoms with Gasteiger partial charge in [0.2, 0.25) is 0 Å². The van der Waals surface area contributed by atoms with Gasteiger partial charge in [-0.05, 0) is 64.2 Å². The zero-order valence-corrected chi connectivity index (χ0v) is 13.6. The molecule has 1 unspecified atom stereocenters. The molecule has 0 aliphatic heterocycles. The van der Waals surface area contributed by atoms with Crippen molar-refractivity contribution in [1.82, 2.24) is 9.80 Å². The SMILES string of the molecule is CCOC(=O)c1ccc2c(c1)CCC2N(C)CCN(C)C. The van der Waals surface area contributed by atoms with E-state index in [1.54, 1.807) is 0 Å². The molecule has 116 valence electrons. The van der Waals surface area contributed by atoms with Gasteiger partial charge in [0.15, 0.2) is 0 Å². The Labute approximate surface area is 127 Å². The number of carbonyl (C=O) groups excluding carboxylic acids is 1. The van der Waals surface area contributed by atoms with E-state index in [1.165, 1.54) is 11.1 Å². The number of carbonyl (C=O) groups is 1. The number of esters is 1. The minimum atomic E-state index is -0.218. The number of fused-ring (bicyclic) bond motifs is 1. The van der Waals surface area contributed by atoms with Gasteiger partial charge in [0.1, 0.15) is 0 Å². The zero-order chi connectivity index (χ0) is 15.4. The molecule has 0 amide bonds. The minimum absolute atomic E-state index is 0.218. The van der Waals surface area contributed by atoms with Crippen molar-refractivity contribution < 1.29 is 9.53 Å². The van der Waals surface area contributed by atoms with Crippen molar-refractivity contribution in [3.63, 3.8) is 0 Å². The number of hydrogen-bond acceptors (Lipinski definition) is 4. The molecule has 0 saturated carbocycles. The smallest absolute Gasteiger partial charge is 0.338 e. The highest BCUT2D eigenvalue weighted by atomic mass is 16.5. The van der Waals surface area contributed by atoms with Crippen LogP contribution in [0.3, 0.4) is 0 Å². The Morgan fingerprint density at radius 3 is 2.71 bits per heavy atom. The third kappa shape index (κ3) is 3.83. The Morgan fingerprint density at radius 2 is 2.05 bits per heavy atom. The number of benzene rings is 1. The third-order valence-corrected chi connectivity index (χ3v) is 4.13. The topological polar surface area (TPSA) is 32.8 Å². The summed E-state index contributed by atoms with van der Waals surface area (Å²) in [7, 11) is 6.38. The minimum Gasteiger partial charge on any atom is -0.462 e. The first-order valence-corrected chi connectivity index (χ1v) is 7.67. The highest BCUT2D eigenvalue weighted by molar-refractivity contribution is 5.89. The average molecular weight is 290 g/mol. The van der Waals surface area contributed by atoms with Gasteiger partial charge in [-0.2, -0.15) is 0 Å². The Kier molecular flexibility index (Phi) is 5.37. The summed E-state index contributed by atoms with van der Waals surface area (Å²) in [6.07, 6.45) is 2.17. The molecule has 0 N–H and O–H groups in total. The molecule has 4 heteroatoms. The summed E-state index contributed by atoms with van der Waals surface area (Å²) < 4.78 is 5.07. The maximum Gasteiger partial charge on any atom is 0.338 e. The van der Waals surface area contributed by atoms with E-state index in [9.17, 15) is 4.79 Å². The van der Waals surface area contributed by atoms with Crippen LogP contribution >= 0.6 is 0 Å². The average Bonchev–Trinajstić information content (AvgIpc) is 2.88. The molecule has 0 radical (unpaired) electrons. The predicted molar refractivity (Wildman–Crippen MR) is 84.6 cm³/mol. The zero-order valence-electron chi connectivity index (χ0n) is 13.6. The van der Waals surface area contributed by atoms with Crippen LogP contribution < -0.4 is 0 Å². The lowest BCUT2D eigenvalue weighted by molar-refractivity contribution is 0.0526. The second kappa shape index (κ2) is 7.05. The standard InChI is InChI=1S/C17H26N2O2/c1-5-21-17(20)14-6-8-15-13(12-14)7-9-16(15)19(4)11-10-18(2)3/h6,8,12,16H,5,7,9-11H2,1-4H3. The molecular formula is C17H26N2O2. The number of nitrogens with zero attached hydrogens (tertiary/aromatic N) is 2. The van der Waals surface area contributed by atoms with Gasteiger partial charge < -0.3 is 9.64 Å². The molecule has 1 aliphatic carbocycles. The van der Waals surface area contributed by atoms with Crippen LogP contribution in [0, 0.1) is 0 Å². The van der Waals surface area contributed by atoms with Gasteiger partial charge in [0.05, 0.1) is 12.2 Å². The van der Waals surface area contributed by atoms with Crippen LogP contribution in [0.15, 0.2) is 18.2 Å². The largest absolute Gasteiger partial charge is 0.462 e. The van der Waals surface area contributed by atoms with E-state index in [2.05, 4.69) is 37.0 Å². The molecule has 4 nitrogen and oxygen atoms in total. The fourth-order valence-corrected chi connectivity index (χ4v) is 2.91. The van der Waals surface area contributed by atoms with E-state index in [1.807, 2.05) is 19.1 Å². The van der Waals surface area contributed by atoms with E-state index in [0.29, 0.717) is 18.2 Å². The monoisotopic (exact) mass is 290 g/mol. The van der Waals surface area contributed by atoms with E-state index >= 15 is 0 Å². The van der Waals surface area contributed by atoms with E-state index in [4.69, 9.17) is 4.74 Å². The summed E-state index contributed by atoms with van der Waals surface area (Å²) in [5.74, 6) is -0.218. The fraction of sp³-hybridized carbons (Fsp3) is 0.588. The lowest BCUT2D eigenvalue weighted by Gasteiger charge is -2.26. The molecule has 0 fully saturated rings. The summed E-state index contributed by atoms with van der Waals surface area (Å²) in [6, 6.07) is 6.48. The van der Waals surface area contributed by atoms with Crippen LogP contribution in [0.5, 0.6) is 0 Å². The molecule has 0 saturated heterocycles. The second-order valence-corrected chi connectivity index (χ2v) is 5.97. The second-order valence-electron chi connectivity index (χ2n) is 5.97. The van der Waals surface area contributed by atoms with Crippen molar-refractivity contribution in [3.8, 4) is 0 Å². The summed E-state index contributed by atoms with van der Waals surface area (Å²) in [5.41, 5.74) is 3.33. The normalized spacial score (nSPS) is 17.3. The molecule has 1 atom stereocenters. The van der Waals surface area contributed by atoms with Gasteiger partial charge >= 0.3 is 5.97 Å². The summed E-state index contributed by atoms with van der Waals surface area (Å²) in [6.45, 7) is 4.37. The highest BCUT2D eigenvalue weighted by Gasteiger charge is 2.26. The van der Waals surface area contributed by atoms with Crippen molar-refractivity contribution in [1.29, 1.82) is 0 Å². The molecule has 1 aromatic rings. The number of likely N-dealkylation sites (N-methyl/N-ethyl adjacent to an activating group) is 2. The Hall–Kier alpha value is -1.39. The Morgan fingerprint density at radius 1 is 1.29 bits per heavy atom. The van der Waals surface area contributed by atoms with Crippen molar-refractivity contribution in [3.05, 3.63) is 34.9 Å². The van der Waals surface area contributed by atoms with Crippen LogP contribution in [0.4, 0.5) is 0 Å². The molecule has 0 heterocycles. The van der Waals surface area contributed by atoms with E-state index in [0.717, 1.165) is 25.9 Å². The fourth-order valence-electron chi connectivity index (χ4n) is 2.91. The van der Waals surface area contributed by atoms with Gasteiger partial charge in [-0.1, -0.05) is 6.07 Å². The van der Waals surface area contributed by atoms with Gasteiger partial charge in [-0.3, -0.25) is 4.90 Å². The number of rotatable bonds is 6. The van der Waals surface area contributed by atoms with Gasteiger partial charge in [-0.25, -0.2) is 4.79 Å². The van der Waals surface area contributed by atoms with Crippen molar-refractivity contribution in [2.24, 2.45) is 0 Å². The summed E-state index contributed by atoms with van der Waals surface area (Å²) >= 11 is 0. The predicted octanol–water partition coefficient (Wildman–Crippen LogP) is 2.34. The van der Waals surface area contributed by atoms with Crippen LogP contribution in [-0.2, 0) is 11.2 Å². The molecule has 0 bridgehead atoms. The van der Waals surface area contributed by atoms with Crippen LogP contribution in [0.25, 0.3) is 0 Å². The van der Waals surface area contributed by atoms with E-state index < -0.39 is 0 Å². The first-order valence-electron chi connectivity index (χ1n) is 7.67. The number of ether oxygens (including phenoxy) is 1. The lowest BCUT2D eigenvalue weighted by atomic mass is 10.0. The third-order valence-electron chi connectivity index (χ3n) is 4.13. The molecule has 0 aromatic heterocycles. The van der Waals surface area contributed by atoms with Gasteiger partial charge in [0, 0.05) is 19.1 Å². The maximum absolute atomic E-state index is 11.8. The molecule has 2 rings (SSSR count). The van der Waals surface area contributed by atoms with Crippen LogP contribution in [0.1, 0.15) is 40.9 Å². The quantitative estimate of drug-likeness (QED) is 0.753. The Balaban J connectivity index is 2.08. The summed E-state index contributed by atoms with van der Waals surface area (Å²) in [4.78, 5) is 16.4. The maximum atomic E-state index is 11.8. The molecule has 0 spiro atoms. The van der Waals surface area contributed by atoms with Crippen LogP contribution in [0.2, 0.25) is 0 Å². The van der Waals surface area contributed by atoms with Crippen molar-refractivity contribution >= 4 is 5.97 Å².